The van der Waals surface area contributed by atoms with Crippen molar-refractivity contribution >= 4 is 48.1 Å². The van der Waals surface area contributed by atoms with Gasteiger partial charge >= 0.3 is 11.9 Å². The van der Waals surface area contributed by atoms with Crippen LogP contribution in [-0.4, -0.2) is 68.0 Å². The van der Waals surface area contributed by atoms with Gasteiger partial charge in [0.25, 0.3) is 0 Å². The summed E-state index contributed by atoms with van der Waals surface area (Å²) in [7, 11) is 0. The Hall–Kier alpha value is -2.24. The van der Waals surface area contributed by atoms with Gasteiger partial charge in [-0.1, -0.05) is 30.3 Å². The molecule has 1 fully saturated rings. The molecule has 1 saturated heterocycles. The molecule has 0 aromatic heterocycles. The number of carbonyl (C=O) groups is 4. The fourth-order valence-electron chi connectivity index (χ4n) is 3.06. The molecule has 1 aliphatic rings. The minimum Gasteiger partial charge on any atom is -0.480 e. The Kier molecular flexibility index (Phi) is 8.16. The number of carbonyl (C=O) groups excluding carboxylic acids is 2. The molecule has 0 aliphatic carbocycles. The van der Waals surface area contributed by atoms with E-state index in [-0.39, 0.29) is 12.2 Å². The second-order valence-corrected chi connectivity index (χ2v) is 9.53. The molecule has 11 heteroatoms. The van der Waals surface area contributed by atoms with Gasteiger partial charge < -0.3 is 20.8 Å². The molecule has 164 valence electrons. The van der Waals surface area contributed by atoms with Gasteiger partial charge in [-0.3, -0.25) is 19.7 Å². The topological polar surface area (TPSA) is 145 Å². The molecule has 1 aliphatic heterocycles. The van der Waals surface area contributed by atoms with Crippen molar-refractivity contribution in [3.05, 3.63) is 35.9 Å². The summed E-state index contributed by atoms with van der Waals surface area (Å²) in [6.07, 6.45) is 0.0166. The molecular formula is C19H25N3O6S2. The monoisotopic (exact) mass is 455 g/mol. The molecule has 4 atom stereocenters. The van der Waals surface area contributed by atoms with E-state index >= 15 is 0 Å². The first-order chi connectivity index (χ1) is 14.0. The van der Waals surface area contributed by atoms with Crippen molar-refractivity contribution in [1.29, 1.82) is 0 Å². The Morgan fingerprint density at radius 1 is 1.17 bits per heavy atom. The highest BCUT2D eigenvalue weighted by Crippen LogP contribution is 2.39. The Bertz CT molecular complexity index is 805. The molecule has 0 bridgehead atoms. The predicted molar refractivity (Wildman–Crippen MR) is 116 cm³/mol. The normalized spacial score (nSPS) is 22.0. The molecule has 30 heavy (non-hydrogen) atoms. The van der Waals surface area contributed by atoms with E-state index in [9.17, 15) is 29.4 Å². The van der Waals surface area contributed by atoms with Gasteiger partial charge in [0.15, 0.2) is 0 Å². The van der Waals surface area contributed by atoms with Crippen molar-refractivity contribution in [3.63, 3.8) is 0 Å². The van der Waals surface area contributed by atoms with E-state index in [0.29, 0.717) is 0 Å². The Labute approximate surface area is 183 Å². The number of amides is 2. The first kappa shape index (κ1) is 24.0. The summed E-state index contributed by atoms with van der Waals surface area (Å²) in [4.78, 5) is 48.3. The van der Waals surface area contributed by atoms with Crippen LogP contribution in [0.4, 0.5) is 0 Å². The van der Waals surface area contributed by atoms with Crippen LogP contribution in [0.5, 0.6) is 0 Å². The van der Waals surface area contributed by atoms with E-state index < -0.39 is 52.0 Å². The number of aliphatic carboxylic acids is 2. The Balaban J connectivity index is 2.21. The number of carboxylic acid groups (broad SMARTS) is 2. The van der Waals surface area contributed by atoms with E-state index in [1.807, 2.05) is 6.07 Å². The number of thioether (sulfide) groups is 1. The number of hydrogen-bond donors (Lipinski definition) is 6. The number of hydrogen-bond acceptors (Lipinski definition) is 7. The van der Waals surface area contributed by atoms with Crippen LogP contribution < -0.4 is 16.0 Å². The average Bonchev–Trinajstić information content (AvgIpc) is 2.99. The van der Waals surface area contributed by atoms with Crippen LogP contribution in [0.1, 0.15) is 19.4 Å². The Morgan fingerprint density at radius 2 is 1.80 bits per heavy atom. The molecule has 1 heterocycles. The maximum Gasteiger partial charge on any atom is 0.327 e. The third-order valence-electron chi connectivity index (χ3n) is 4.61. The number of carboxylic acids is 2. The smallest absolute Gasteiger partial charge is 0.327 e. The lowest BCUT2D eigenvalue weighted by Gasteiger charge is -2.26. The largest absolute Gasteiger partial charge is 0.480 e. The SMILES string of the molecule is CC1(C)S[C@H]([C@H](NC(=O)Cc2ccccc2)C(=O)N[C@@H](CS)C(=O)O)N[C@H]1C(=O)O. The van der Waals surface area contributed by atoms with Gasteiger partial charge in [0.2, 0.25) is 11.8 Å². The van der Waals surface area contributed by atoms with Crippen LogP contribution in [0, 0.1) is 0 Å². The molecule has 9 nitrogen and oxygen atoms in total. The highest BCUT2D eigenvalue weighted by atomic mass is 32.2. The van der Waals surface area contributed by atoms with Crippen LogP contribution >= 0.6 is 24.4 Å². The van der Waals surface area contributed by atoms with Crippen LogP contribution in [0.15, 0.2) is 30.3 Å². The molecule has 0 saturated carbocycles. The number of thiol groups is 1. The van der Waals surface area contributed by atoms with Crippen molar-refractivity contribution in [2.24, 2.45) is 0 Å². The van der Waals surface area contributed by atoms with E-state index in [0.717, 1.165) is 5.56 Å². The molecule has 1 aromatic rings. The molecule has 0 unspecified atom stereocenters. The van der Waals surface area contributed by atoms with Gasteiger partial charge in [0.05, 0.1) is 11.8 Å². The summed E-state index contributed by atoms with van der Waals surface area (Å²) < 4.78 is -0.755. The summed E-state index contributed by atoms with van der Waals surface area (Å²) in [5.74, 6) is -3.66. The third kappa shape index (κ3) is 6.13. The third-order valence-corrected chi connectivity index (χ3v) is 6.48. The van der Waals surface area contributed by atoms with Gasteiger partial charge in [-0.25, -0.2) is 4.79 Å². The van der Waals surface area contributed by atoms with Gasteiger partial charge in [-0.05, 0) is 19.4 Å². The maximum atomic E-state index is 12.9. The van der Waals surface area contributed by atoms with Gasteiger partial charge in [0.1, 0.15) is 18.1 Å². The fourth-order valence-corrected chi connectivity index (χ4v) is 4.80. The van der Waals surface area contributed by atoms with Crippen LogP contribution in [0.25, 0.3) is 0 Å². The number of rotatable bonds is 9. The summed E-state index contributed by atoms with van der Waals surface area (Å²) in [5.41, 5.74) is 0.740. The van der Waals surface area contributed by atoms with Crippen molar-refractivity contribution in [2.45, 2.75) is 48.5 Å². The van der Waals surface area contributed by atoms with Gasteiger partial charge in [-0.15, -0.1) is 11.8 Å². The lowest BCUT2D eigenvalue weighted by Crippen LogP contribution is -2.59. The molecule has 0 spiro atoms. The molecule has 0 radical (unpaired) electrons. The van der Waals surface area contributed by atoms with E-state index in [1.165, 1.54) is 11.8 Å². The van der Waals surface area contributed by atoms with E-state index in [1.54, 1.807) is 38.1 Å². The van der Waals surface area contributed by atoms with E-state index in [2.05, 4.69) is 28.6 Å². The molecule has 5 N–H and O–H groups in total. The zero-order valence-corrected chi connectivity index (χ0v) is 18.2. The zero-order valence-electron chi connectivity index (χ0n) is 16.5. The fraction of sp³-hybridized carbons (Fsp3) is 0.474. The Morgan fingerprint density at radius 3 is 2.30 bits per heavy atom. The summed E-state index contributed by atoms with van der Waals surface area (Å²) in [6.45, 7) is 3.44. The van der Waals surface area contributed by atoms with Gasteiger partial charge in [-0.2, -0.15) is 12.6 Å². The molecular weight excluding hydrogens is 430 g/mol. The number of benzene rings is 1. The maximum absolute atomic E-state index is 12.9. The summed E-state index contributed by atoms with van der Waals surface area (Å²) in [6, 6.07) is 5.53. The molecule has 1 aromatic carbocycles. The van der Waals surface area contributed by atoms with Crippen molar-refractivity contribution in [1.82, 2.24) is 16.0 Å². The van der Waals surface area contributed by atoms with E-state index in [4.69, 9.17) is 0 Å². The van der Waals surface area contributed by atoms with Crippen LogP contribution in [0.3, 0.4) is 0 Å². The second kappa shape index (κ2) is 10.2. The van der Waals surface area contributed by atoms with Crippen LogP contribution in [-0.2, 0) is 25.6 Å². The minimum atomic E-state index is -1.26. The quantitative estimate of drug-likeness (QED) is 0.288. The molecule has 2 rings (SSSR count). The first-order valence-corrected chi connectivity index (χ1v) is 10.7. The standard InChI is InChI=1S/C19H25N3O6S2/c1-19(2)14(18(27)28)22-16(30-19)13(15(24)20-11(9-29)17(25)26)21-12(23)8-10-6-4-3-5-7-10/h3-7,11,13-14,16,22,29H,8-9H2,1-2H3,(H,20,24)(H,21,23)(H,25,26)(H,27,28)/t11-,13+,14-,16+/m0/s1. The highest BCUT2D eigenvalue weighted by Gasteiger charge is 2.49. The van der Waals surface area contributed by atoms with Crippen LogP contribution in [0.2, 0.25) is 0 Å². The number of nitrogens with one attached hydrogen (secondary N) is 3. The van der Waals surface area contributed by atoms with Crippen molar-refractivity contribution in [2.75, 3.05) is 5.75 Å². The predicted octanol–water partition coefficient (Wildman–Crippen LogP) is 0.107. The first-order valence-electron chi connectivity index (χ1n) is 9.19. The second-order valence-electron chi connectivity index (χ2n) is 7.37. The van der Waals surface area contributed by atoms with Crippen molar-refractivity contribution in [3.8, 4) is 0 Å². The van der Waals surface area contributed by atoms with Crippen molar-refractivity contribution < 1.29 is 29.4 Å². The molecule has 2 amide bonds. The van der Waals surface area contributed by atoms with Gasteiger partial charge in [0, 0.05) is 10.5 Å². The average molecular weight is 456 g/mol. The zero-order chi connectivity index (χ0) is 22.5. The minimum absolute atomic E-state index is 0.0166. The summed E-state index contributed by atoms with van der Waals surface area (Å²) >= 11 is 5.13. The highest BCUT2D eigenvalue weighted by molar-refractivity contribution is 8.01. The lowest BCUT2D eigenvalue weighted by atomic mass is 10.0. The lowest BCUT2D eigenvalue weighted by molar-refractivity contribution is -0.141. The summed E-state index contributed by atoms with van der Waals surface area (Å²) in [5, 5.41) is 25.7.